The summed E-state index contributed by atoms with van der Waals surface area (Å²) in [5, 5.41) is 12.8. The number of rotatable bonds is 2. The fourth-order valence-corrected chi connectivity index (χ4v) is 2.32. The molecule has 1 amide bonds. The Kier molecular flexibility index (Phi) is 2.74. The number of amides is 1. The summed E-state index contributed by atoms with van der Waals surface area (Å²) in [7, 11) is 0. The molecule has 1 aromatic heterocycles. The molecule has 2 aromatic rings. The van der Waals surface area contributed by atoms with Gasteiger partial charge in [0.1, 0.15) is 5.92 Å². The second kappa shape index (κ2) is 4.44. The normalized spacial score (nSPS) is 17.1. The van der Waals surface area contributed by atoms with Crippen molar-refractivity contribution in [1.82, 2.24) is 10.1 Å². The van der Waals surface area contributed by atoms with Gasteiger partial charge < -0.3 is 14.5 Å². The highest BCUT2D eigenvalue weighted by atomic mass is 16.5. The Morgan fingerprint density at radius 2 is 2.15 bits per heavy atom. The molecule has 0 saturated carbocycles. The van der Waals surface area contributed by atoms with Gasteiger partial charge >= 0.3 is 5.97 Å². The maximum Gasteiger partial charge on any atom is 0.312 e. The van der Waals surface area contributed by atoms with Crippen LogP contribution in [0, 0.1) is 6.92 Å². The van der Waals surface area contributed by atoms with E-state index in [2.05, 4.69) is 10.1 Å². The minimum absolute atomic E-state index is 0.0664. The number of carboxylic acids is 1. The van der Waals surface area contributed by atoms with E-state index in [1.54, 1.807) is 31.2 Å². The van der Waals surface area contributed by atoms with Gasteiger partial charge in [-0.25, -0.2) is 0 Å². The minimum Gasteiger partial charge on any atom is -0.481 e. The minimum atomic E-state index is -0.961. The van der Waals surface area contributed by atoms with Crippen molar-refractivity contribution in [2.75, 3.05) is 11.4 Å². The van der Waals surface area contributed by atoms with E-state index in [1.165, 1.54) is 4.90 Å². The van der Waals surface area contributed by atoms with Crippen LogP contribution in [0.3, 0.4) is 0 Å². The Hall–Kier alpha value is -2.70. The molecular weight excluding hydrogens is 262 g/mol. The maximum absolute atomic E-state index is 12.3. The van der Waals surface area contributed by atoms with Crippen molar-refractivity contribution in [3.8, 4) is 0 Å². The van der Waals surface area contributed by atoms with E-state index in [9.17, 15) is 14.7 Å². The van der Waals surface area contributed by atoms with E-state index in [4.69, 9.17) is 4.52 Å². The van der Waals surface area contributed by atoms with Crippen LogP contribution in [0.4, 0.5) is 5.69 Å². The first kappa shape index (κ1) is 12.3. The van der Waals surface area contributed by atoms with Gasteiger partial charge in [-0.3, -0.25) is 9.59 Å². The fraction of sp³-hybridized carbons (Fsp3) is 0.231. The molecule has 0 bridgehead atoms. The molecule has 1 aromatic carbocycles. The van der Waals surface area contributed by atoms with Gasteiger partial charge in [0.05, 0.1) is 0 Å². The van der Waals surface area contributed by atoms with Crippen LogP contribution < -0.4 is 4.90 Å². The molecule has 3 rings (SSSR count). The number of aromatic nitrogens is 2. The number of aliphatic carboxylic acids is 1. The molecule has 7 nitrogen and oxygen atoms in total. The van der Waals surface area contributed by atoms with Crippen molar-refractivity contribution in [2.24, 2.45) is 0 Å². The fourth-order valence-electron chi connectivity index (χ4n) is 2.32. The van der Waals surface area contributed by atoms with E-state index in [-0.39, 0.29) is 18.3 Å². The standard InChI is InChI=1S/C13H11N3O4/c1-7-14-11(15-20-7)12(17)16-6-9(13(18)19)8-4-2-3-5-10(8)16/h2-5,9H,6H2,1H3,(H,18,19). The third-order valence-electron chi connectivity index (χ3n) is 3.23. The Balaban J connectivity index is 2.00. The summed E-state index contributed by atoms with van der Waals surface area (Å²) < 4.78 is 4.78. The predicted molar refractivity (Wildman–Crippen MR) is 67.5 cm³/mol. The first-order valence-electron chi connectivity index (χ1n) is 6.02. The molecule has 0 aliphatic carbocycles. The lowest BCUT2D eigenvalue weighted by atomic mass is 10.0. The van der Waals surface area contributed by atoms with Gasteiger partial charge in [0.15, 0.2) is 0 Å². The largest absolute Gasteiger partial charge is 0.481 e. The zero-order valence-electron chi connectivity index (χ0n) is 10.6. The van der Waals surface area contributed by atoms with Gasteiger partial charge in [0.2, 0.25) is 5.89 Å². The van der Waals surface area contributed by atoms with Crippen molar-refractivity contribution >= 4 is 17.6 Å². The van der Waals surface area contributed by atoms with Gasteiger partial charge in [-0.1, -0.05) is 23.4 Å². The molecule has 0 radical (unpaired) electrons. The Morgan fingerprint density at radius 1 is 1.40 bits per heavy atom. The first-order chi connectivity index (χ1) is 9.58. The highest BCUT2D eigenvalue weighted by Crippen LogP contribution is 2.36. The zero-order valence-corrected chi connectivity index (χ0v) is 10.6. The number of anilines is 1. The van der Waals surface area contributed by atoms with Crippen molar-refractivity contribution < 1.29 is 19.2 Å². The van der Waals surface area contributed by atoms with E-state index in [0.29, 0.717) is 11.3 Å². The average Bonchev–Trinajstić information content (AvgIpc) is 3.02. The van der Waals surface area contributed by atoms with Crippen LogP contribution in [0.15, 0.2) is 28.8 Å². The number of carbonyl (C=O) groups excluding carboxylic acids is 1. The summed E-state index contributed by atoms with van der Waals surface area (Å²) in [5.41, 5.74) is 1.20. The smallest absolute Gasteiger partial charge is 0.312 e. The summed E-state index contributed by atoms with van der Waals surface area (Å²) in [4.78, 5) is 28.9. The molecule has 0 saturated heterocycles. The van der Waals surface area contributed by atoms with Gasteiger partial charge in [0, 0.05) is 19.2 Å². The third-order valence-corrected chi connectivity index (χ3v) is 3.23. The number of aryl methyl sites for hydroxylation is 1. The molecule has 1 aliphatic rings. The topological polar surface area (TPSA) is 96.5 Å². The molecule has 1 aliphatic heterocycles. The summed E-state index contributed by atoms with van der Waals surface area (Å²) in [6.45, 7) is 1.66. The summed E-state index contributed by atoms with van der Waals surface area (Å²) >= 11 is 0. The molecular formula is C13H11N3O4. The number of para-hydroxylation sites is 1. The lowest BCUT2D eigenvalue weighted by molar-refractivity contribution is -0.138. The molecule has 1 N–H and O–H groups in total. The predicted octanol–water partition coefficient (Wildman–Crippen LogP) is 1.21. The zero-order chi connectivity index (χ0) is 14.3. The van der Waals surface area contributed by atoms with Gasteiger partial charge in [-0.05, 0) is 11.6 Å². The van der Waals surface area contributed by atoms with Crippen LogP contribution in [0.5, 0.6) is 0 Å². The Bertz CT molecular complexity index is 694. The molecule has 0 spiro atoms. The molecule has 2 heterocycles. The van der Waals surface area contributed by atoms with E-state index >= 15 is 0 Å². The van der Waals surface area contributed by atoms with Crippen LogP contribution >= 0.6 is 0 Å². The number of hydrogen-bond acceptors (Lipinski definition) is 5. The number of benzene rings is 1. The summed E-state index contributed by atoms with van der Waals surface area (Å²) in [6, 6.07) is 6.93. The lowest BCUT2D eigenvalue weighted by Crippen LogP contribution is -2.32. The summed E-state index contributed by atoms with van der Waals surface area (Å²) in [6.07, 6.45) is 0. The van der Waals surface area contributed by atoms with Crippen LogP contribution in [0.2, 0.25) is 0 Å². The number of carbonyl (C=O) groups is 2. The van der Waals surface area contributed by atoms with E-state index in [1.807, 2.05) is 0 Å². The highest BCUT2D eigenvalue weighted by Gasteiger charge is 2.37. The third kappa shape index (κ3) is 1.83. The van der Waals surface area contributed by atoms with Gasteiger partial charge in [0.25, 0.3) is 11.7 Å². The van der Waals surface area contributed by atoms with Crippen molar-refractivity contribution in [1.29, 1.82) is 0 Å². The van der Waals surface area contributed by atoms with Crippen LogP contribution in [0.25, 0.3) is 0 Å². The average molecular weight is 273 g/mol. The molecule has 7 heteroatoms. The maximum atomic E-state index is 12.3. The van der Waals surface area contributed by atoms with Gasteiger partial charge in [-0.15, -0.1) is 0 Å². The number of nitrogens with zero attached hydrogens (tertiary/aromatic N) is 3. The van der Waals surface area contributed by atoms with E-state index < -0.39 is 17.8 Å². The summed E-state index contributed by atoms with van der Waals surface area (Å²) in [5.74, 6) is -1.93. The monoisotopic (exact) mass is 273 g/mol. The quantitative estimate of drug-likeness (QED) is 0.883. The number of hydrogen-bond donors (Lipinski definition) is 1. The molecule has 1 atom stereocenters. The van der Waals surface area contributed by atoms with E-state index in [0.717, 1.165) is 0 Å². The van der Waals surface area contributed by atoms with Crippen LogP contribution in [-0.2, 0) is 4.79 Å². The second-order valence-corrected chi connectivity index (χ2v) is 4.50. The van der Waals surface area contributed by atoms with Crippen LogP contribution in [-0.4, -0.2) is 33.7 Å². The molecule has 20 heavy (non-hydrogen) atoms. The first-order valence-corrected chi connectivity index (χ1v) is 6.02. The molecule has 0 fully saturated rings. The molecule has 1 unspecified atom stereocenters. The number of carboxylic acid groups (broad SMARTS) is 1. The van der Waals surface area contributed by atoms with Crippen molar-refractivity contribution in [2.45, 2.75) is 12.8 Å². The van der Waals surface area contributed by atoms with Crippen LogP contribution in [0.1, 0.15) is 28.0 Å². The SMILES string of the molecule is Cc1nc(C(=O)N2CC(C(=O)O)c3ccccc32)no1. The number of fused-ring (bicyclic) bond motifs is 1. The Morgan fingerprint density at radius 3 is 2.80 bits per heavy atom. The van der Waals surface area contributed by atoms with Crippen molar-refractivity contribution in [3.63, 3.8) is 0 Å². The highest BCUT2D eigenvalue weighted by molar-refractivity contribution is 6.06. The second-order valence-electron chi connectivity index (χ2n) is 4.50. The molecule has 102 valence electrons. The van der Waals surface area contributed by atoms with Gasteiger partial charge in [-0.2, -0.15) is 4.98 Å². The van der Waals surface area contributed by atoms with Crippen molar-refractivity contribution in [3.05, 3.63) is 41.5 Å². The Labute approximate surface area is 113 Å². The lowest BCUT2D eigenvalue weighted by Gasteiger charge is -2.14.